The molecule has 2 aromatic heterocycles. The fraction of sp³-hybridized carbons (Fsp3) is 0.467. The summed E-state index contributed by atoms with van der Waals surface area (Å²) >= 11 is 1.84. The molecule has 0 aliphatic rings. The molecule has 0 radical (unpaired) electrons. The van der Waals surface area contributed by atoms with E-state index in [1.165, 1.54) is 9.75 Å². The number of aryl methyl sites for hydroxylation is 1. The number of halogens is 1. The van der Waals surface area contributed by atoms with E-state index in [1.807, 2.05) is 28.4 Å². The second kappa shape index (κ2) is 10.6. The first-order chi connectivity index (χ1) is 10.3. The molecule has 0 saturated heterocycles. The van der Waals surface area contributed by atoms with Crippen molar-refractivity contribution in [3.63, 3.8) is 0 Å². The van der Waals surface area contributed by atoms with Gasteiger partial charge in [0.2, 0.25) is 0 Å². The Balaban J connectivity index is 0.00000242. The summed E-state index contributed by atoms with van der Waals surface area (Å²) in [6.07, 6.45) is 6.67. The van der Waals surface area contributed by atoms with Gasteiger partial charge in [-0.1, -0.05) is 6.92 Å². The number of nitrogens with zero attached hydrogens (tertiary/aromatic N) is 3. The highest BCUT2D eigenvalue weighted by atomic mass is 127. The topological polar surface area (TPSA) is 54.2 Å². The zero-order valence-corrected chi connectivity index (χ0v) is 16.2. The first kappa shape index (κ1) is 19.0. The van der Waals surface area contributed by atoms with Crippen molar-refractivity contribution < 1.29 is 0 Å². The van der Waals surface area contributed by atoms with Crippen LogP contribution in [0.15, 0.2) is 35.8 Å². The third kappa shape index (κ3) is 6.35. The molecular formula is C15H24IN5S. The predicted molar refractivity (Wildman–Crippen MR) is 104 cm³/mol. The molecule has 0 unspecified atom stereocenters. The van der Waals surface area contributed by atoms with Gasteiger partial charge < -0.3 is 15.2 Å². The Labute approximate surface area is 153 Å². The molecule has 0 aromatic carbocycles. The molecule has 7 heteroatoms. The van der Waals surface area contributed by atoms with Crippen molar-refractivity contribution in [2.24, 2.45) is 4.99 Å². The SMILES string of the molecule is CCNC(=NCc1ccc(CC)s1)NCCn1ccnc1.I. The number of hydrogen-bond donors (Lipinski definition) is 2. The summed E-state index contributed by atoms with van der Waals surface area (Å²) in [6, 6.07) is 4.36. The zero-order chi connectivity index (χ0) is 14.9. The van der Waals surface area contributed by atoms with Crippen molar-refractivity contribution in [2.75, 3.05) is 13.1 Å². The summed E-state index contributed by atoms with van der Waals surface area (Å²) in [5, 5.41) is 6.62. The molecule has 2 heterocycles. The number of aliphatic imine (C=N–C) groups is 1. The lowest BCUT2D eigenvalue weighted by molar-refractivity contribution is 0.662. The second-order valence-electron chi connectivity index (χ2n) is 4.64. The van der Waals surface area contributed by atoms with Gasteiger partial charge in [-0.2, -0.15) is 0 Å². The third-order valence-electron chi connectivity index (χ3n) is 3.02. The van der Waals surface area contributed by atoms with Crippen LogP contribution < -0.4 is 10.6 Å². The zero-order valence-electron chi connectivity index (χ0n) is 13.1. The second-order valence-corrected chi connectivity index (χ2v) is 5.90. The summed E-state index contributed by atoms with van der Waals surface area (Å²) in [5.74, 6) is 0.865. The molecule has 0 saturated carbocycles. The third-order valence-corrected chi connectivity index (χ3v) is 4.24. The quantitative estimate of drug-likeness (QED) is 0.401. The maximum atomic E-state index is 4.63. The maximum Gasteiger partial charge on any atom is 0.191 e. The summed E-state index contributed by atoms with van der Waals surface area (Å²) in [7, 11) is 0. The van der Waals surface area contributed by atoms with Gasteiger partial charge in [-0.25, -0.2) is 9.98 Å². The lowest BCUT2D eigenvalue weighted by atomic mass is 10.4. The van der Waals surface area contributed by atoms with Crippen LogP contribution in [0, 0.1) is 0 Å². The van der Waals surface area contributed by atoms with Crippen molar-refractivity contribution in [3.05, 3.63) is 40.6 Å². The van der Waals surface area contributed by atoms with Gasteiger partial charge in [0.05, 0.1) is 12.9 Å². The van der Waals surface area contributed by atoms with E-state index in [4.69, 9.17) is 0 Å². The fourth-order valence-corrected chi connectivity index (χ4v) is 2.80. The molecule has 2 aromatic rings. The number of aromatic nitrogens is 2. The lowest BCUT2D eigenvalue weighted by Crippen LogP contribution is -2.38. The first-order valence-electron chi connectivity index (χ1n) is 7.37. The minimum Gasteiger partial charge on any atom is -0.357 e. The van der Waals surface area contributed by atoms with Gasteiger partial charge in [0.15, 0.2) is 5.96 Å². The summed E-state index contributed by atoms with van der Waals surface area (Å²) in [5.41, 5.74) is 0. The van der Waals surface area contributed by atoms with Gasteiger partial charge >= 0.3 is 0 Å². The molecular weight excluding hydrogens is 409 g/mol. The predicted octanol–water partition coefficient (Wildman–Crippen LogP) is 2.88. The van der Waals surface area contributed by atoms with E-state index in [9.17, 15) is 0 Å². The molecule has 0 amide bonds. The molecule has 2 rings (SSSR count). The van der Waals surface area contributed by atoms with Gasteiger partial charge in [-0.15, -0.1) is 35.3 Å². The number of guanidine groups is 1. The average Bonchev–Trinajstić information content (AvgIpc) is 3.16. The van der Waals surface area contributed by atoms with Crippen LogP contribution in [0.4, 0.5) is 0 Å². The summed E-state index contributed by atoms with van der Waals surface area (Å²) < 4.78 is 2.05. The fourth-order valence-electron chi connectivity index (χ4n) is 1.92. The Morgan fingerprint density at radius 1 is 1.27 bits per heavy atom. The molecule has 0 aliphatic heterocycles. The van der Waals surface area contributed by atoms with Crippen LogP contribution in [0.25, 0.3) is 0 Å². The van der Waals surface area contributed by atoms with Crippen LogP contribution >= 0.6 is 35.3 Å². The van der Waals surface area contributed by atoms with Crippen LogP contribution in [0.3, 0.4) is 0 Å². The van der Waals surface area contributed by atoms with Gasteiger partial charge in [0.25, 0.3) is 0 Å². The Kier molecular flexibility index (Phi) is 9.14. The van der Waals surface area contributed by atoms with Gasteiger partial charge in [0.1, 0.15) is 0 Å². The van der Waals surface area contributed by atoms with Crippen LogP contribution in [-0.2, 0) is 19.5 Å². The first-order valence-corrected chi connectivity index (χ1v) is 8.19. The van der Waals surface area contributed by atoms with Crippen molar-refractivity contribution in [3.8, 4) is 0 Å². The average molecular weight is 433 g/mol. The minimum absolute atomic E-state index is 0. The standard InChI is InChI=1S/C15H23N5S.HI/c1-3-13-5-6-14(21-13)11-19-15(17-4-2)18-8-10-20-9-7-16-12-20;/h5-7,9,12H,3-4,8,10-11H2,1-2H3,(H2,17,18,19);1H. The number of thiophene rings is 1. The molecule has 22 heavy (non-hydrogen) atoms. The molecule has 0 aliphatic carbocycles. The van der Waals surface area contributed by atoms with E-state index in [2.05, 4.69) is 46.6 Å². The smallest absolute Gasteiger partial charge is 0.191 e. The number of hydrogen-bond acceptors (Lipinski definition) is 3. The summed E-state index contributed by atoms with van der Waals surface area (Å²) in [4.78, 5) is 11.4. The van der Waals surface area contributed by atoms with Crippen LogP contribution in [0.1, 0.15) is 23.6 Å². The Hall–Kier alpha value is -1.09. The number of rotatable bonds is 7. The molecule has 122 valence electrons. The van der Waals surface area contributed by atoms with E-state index >= 15 is 0 Å². The van der Waals surface area contributed by atoms with Crippen LogP contribution in [0.2, 0.25) is 0 Å². The van der Waals surface area contributed by atoms with Gasteiger partial charge in [-0.3, -0.25) is 0 Å². The van der Waals surface area contributed by atoms with Crippen molar-refractivity contribution in [2.45, 2.75) is 33.4 Å². The monoisotopic (exact) mass is 433 g/mol. The molecule has 2 N–H and O–H groups in total. The molecule has 0 spiro atoms. The number of nitrogens with one attached hydrogen (secondary N) is 2. The molecule has 0 atom stereocenters. The largest absolute Gasteiger partial charge is 0.357 e. The van der Waals surface area contributed by atoms with E-state index in [1.54, 1.807) is 6.20 Å². The van der Waals surface area contributed by atoms with E-state index in [0.717, 1.165) is 38.6 Å². The normalized spacial score (nSPS) is 11.1. The maximum absolute atomic E-state index is 4.63. The van der Waals surface area contributed by atoms with Crippen molar-refractivity contribution in [1.82, 2.24) is 20.2 Å². The minimum atomic E-state index is 0. The van der Waals surface area contributed by atoms with Gasteiger partial charge in [0, 0.05) is 41.8 Å². The van der Waals surface area contributed by atoms with Crippen molar-refractivity contribution >= 4 is 41.3 Å². The highest BCUT2D eigenvalue weighted by molar-refractivity contribution is 14.0. The van der Waals surface area contributed by atoms with E-state index in [0.29, 0.717) is 0 Å². The highest BCUT2D eigenvalue weighted by Crippen LogP contribution is 2.17. The molecule has 5 nitrogen and oxygen atoms in total. The molecule has 0 bridgehead atoms. The molecule has 0 fully saturated rings. The lowest BCUT2D eigenvalue weighted by Gasteiger charge is -2.11. The van der Waals surface area contributed by atoms with Crippen LogP contribution in [0.5, 0.6) is 0 Å². The Bertz CT molecular complexity index is 550. The van der Waals surface area contributed by atoms with Gasteiger partial charge in [-0.05, 0) is 25.5 Å². The van der Waals surface area contributed by atoms with Crippen molar-refractivity contribution in [1.29, 1.82) is 0 Å². The van der Waals surface area contributed by atoms with E-state index in [-0.39, 0.29) is 24.0 Å². The number of imidazole rings is 1. The van der Waals surface area contributed by atoms with Crippen LogP contribution in [-0.4, -0.2) is 28.6 Å². The Morgan fingerprint density at radius 3 is 2.73 bits per heavy atom. The highest BCUT2D eigenvalue weighted by Gasteiger charge is 2.00. The Morgan fingerprint density at radius 2 is 2.09 bits per heavy atom. The summed E-state index contributed by atoms with van der Waals surface area (Å²) in [6.45, 7) is 7.55. The van der Waals surface area contributed by atoms with E-state index < -0.39 is 0 Å².